The number of benzene rings is 2. The summed E-state index contributed by atoms with van der Waals surface area (Å²) in [5, 5.41) is 28.3. The summed E-state index contributed by atoms with van der Waals surface area (Å²) >= 11 is 0. The fourth-order valence-electron chi connectivity index (χ4n) is 8.18. The number of carbonyl (C=O) groups is 6. The van der Waals surface area contributed by atoms with Gasteiger partial charge in [-0.2, -0.15) is 0 Å². The van der Waals surface area contributed by atoms with E-state index in [2.05, 4.69) is 31.2 Å². The standard InChI is InChI=1S/C44H55N9O8/c1-44(2,60)37-25-47-51-53(37)31-24-36(41(57)49-33(38(54)39(45)55)19-11-12-22-46-43(59)61-27-29-15-7-4-8-16-29)52(26-31)42(58)35(23-28-13-5-3-6-14-28)50-40(56)34-21-20-30-17-9-10-18-32(30)48-34/h4,7-10,15-18,20-21,25,28,31,33,35-36,60H,3,5-6,11-14,19,22-24,26-27H2,1-2H3,(H2,45,55)(H,46,59)(H,49,57)(H,50,56)/t31-,33?,35+,36-/m0/s1. The van der Waals surface area contributed by atoms with Crippen molar-refractivity contribution in [3.05, 3.63) is 89.9 Å². The topological polar surface area (TPSA) is 241 Å². The van der Waals surface area contributed by atoms with Crippen molar-refractivity contribution in [3.63, 3.8) is 0 Å². The van der Waals surface area contributed by atoms with E-state index in [0.29, 0.717) is 30.5 Å². The number of ether oxygens (including phenoxy) is 1. The Labute approximate surface area is 354 Å². The van der Waals surface area contributed by atoms with E-state index >= 15 is 0 Å². The highest BCUT2D eigenvalue weighted by Crippen LogP contribution is 2.33. The minimum absolute atomic E-state index is 0.0173. The van der Waals surface area contributed by atoms with Gasteiger partial charge in [0.2, 0.25) is 17.6 Å². The number of aromatic nitrogens is 4. The van der Waals surface area contributed by atoms with E-state index in [4.69, 9.17) is 10.5 Å². The summed E-state index contributed by atoms with van der Waals surface area (Å²) < 4.78 is 6.73. The molecule has 2 aromatic carbocycles. The molecule has 1 aliphatic heterocycles. The first-order chi connectivity index (χ1) is 29.3. The van der Waals surface area contributed by atoms with Crippen molar-refractivity contribution in [2.45, 2.75) is 114 Å². The first-order valence-corrected chi connectivity index (χ1v) is 21.0. The maximum absolute atomic E-state index is 14.9. The van der Waals surface area contributed by atoms with Crippen LogP contribution >= 0.6 is 0 Å². The van der Waals surface area contributed by atoms with Crippen LogP contribution < -0.4 is 21.7 Å². The number of carbonyl (C=O) groups excluding carboxylic acids is 6. The van der Waals surface area contributed by atoms with Gasteiger partial charge in [0.05, 0.1) is 29.5 Å². The third-order valence-corrected chi connectivity index (χ3v) is 11.4. The summed E-state index contributed by atoms with van der Waals surface area (Å²) in [6.07, 6.45) is 6.72. The molecule has 17 heteroatoms. The van der Waals surface area contributed by atoms with Gasteiger partial charge in [0.25, 0.3) is 11.8 Å². The lowest BCUT2D eigenvalue weighted by Gasteiger charge is -2.32. The Balaban J connectivity index is 1.19. The molecule has 3 heterocycles. The van der Waals surface area contributed by atoms with E-state index in [1.807, 2.05) is 48.5 Å². The van der Waals surface area contributed by atoms with E-state index in [0.717, 1.165) is 43.1 Å². The Morgan fingerprint density at radius 1 is 0.918 bits per heavy atom. The number of aliphatic hydroxyl groups is 1. The van der Waals surface area contributed by atoms with Crippen molar-refractivity contribution in [2.75, 3.05) is 13.1 Å². The number of pyridine rings is 1. The largest absolute Gasteiger partial charge is 0.445 e. The molecule has 1 unspecified atom stereocenters. The lowest BCUT2D eigenvalue weighted by atomic mass is 9.84. The van der Waals surface area contributed by atoms with E-state index in [-0.39, 0.29) is 44.1 Å². The lowest BCUT2D eigenvalue weighted by molar-refractivity contribution is -0.142. The van der Waals surface area contributed by atoms with Crippen LogP contribution in [0.1, 0.15) is 106 Å². The molecule has 0 radical (unpaired) electrons. The number of ketones is 1. The zero-order valence-electron chi connectivity index (χ0n) is 34.6. The van der Waals surface area contributed by atoms with Crippen LogP contribution in [0.3, 0.4) is 0 Å². The van der Waals surface area contributed by atoms with Crippen molar-refractivity contribution in [1.29, 1.82) is 0 Å². The number of nitrogens with zero attached hydrogens (tertiary/aromatic N) is 5. The number of rotatable bonds is 18. The average Bonchev–Trinajstić information content (AvgIpc) is 3.94. The van der Waals surface area contributed by atoms with Gasteiger partial charge in [0.1, 0.15) is 30.0 Å². The second-order valence-electron chi connectivity index (χ2n) is 16.4. The zero-order chi connectivity index (χ0) is 43.5. The Bertz CT molecular complexity index is 2180. The summed E-state index contributed by atoms with van der Waals surface area (Å²) in [4.78, 5) is 86.6. The van der Waals surface area contributed by atoms with E-state index in [1.54, 1.807) is 32.0 Å². The number of fused-ring (bicyclic) bond motifs is 1. The minimum Gasteiger partial charge on any atom is -0.445 e. The van der Waals surface area contributed by atoms with Gasteiger partial charge in [0.15, 0.2) is 0 Å². The Morgan fingerprint density at radius 2 is 1.66 bits per heavy atom. The second-order valence-corrected chi connectivity index (χ2v) is 16.4. The van der Waals surface area contributed by atoms with Gasteiger partial charge < -0.3 is 36.4 Å². The normalized spacial score (nSPS) is 17.9. The molecule has 1 saturated heterocycles. The van der Waals surface area contributed by atoms with Crippen LogP contribution in [0.5, 0.6) is 0 Å². The molecule has 4 atom stereocenters. The molecule has 1 aliphatic carbocycles. The molecular formula is C44H55N9O8. The molecule has 2 fully saturated rings. The summed E-state index contributed by atoms with van der Waals surface area (Å²) in [6, 6.07) is 15.8. The number of amides is 5. The molecule has 0 bridgehead atoms. The Morgan fingerprint density at radius 3 is 2.39 bits per heavy atom. The quantitative estimate of drug-likeness (QED) is 0.0717. The first-order valence-electron chi connectivity index (χ1n) is 21.0. The van der Waals surface area contributed by atoms with Crippen molar-refractivity contribution in [1.82, 2.24) is 40.8 Å². The van der Waals surface area contributed by atoms with Crippen molar-refractivity contribution < 1.29 is 38.6 Å². The number of likely N-dealkylation sites (tertiary alicyclic amines) is 1. The number of hydrogen-bond donors (Lipinski definition) is 5. The van der Waals surface area contributed by atoms with Gasteiger partial charge in [-0.25, -0.2) is 14.5 Å². The fraction of sp³-hybridized carbons (Fsp3) is 0.477. The Hall–Kier alpha value is -6.23. The smallest absolute Gasteiger partial charge is 0.407 e. The minimum atomic E-state index is -1.37. The molecule has 17 nitrogen and oxygen atoms in total. The predicted octanol–water partition coefficient (Wildman–Crippen LogP) is 3.60. The SMILES string of the molecule is CC(C)(O)c1cnnn1[C@H]1C[C@@H](C(=O)NC(CCCCNC(=O)OCc2ccccc2)C(=O)C(N)=O)N(C(=O)[C@@H](CC2CCCCC2)NC(=O)c2ccc3ccccc3n2)C1. The third-order valence-electron chi connectivity index (χ3n) is 11.4. The molecule has 2 aliphatic rings. The number of alkyl carbamates (subject to hydrolysis) is 1. The summed E-state index contributed by atoms with van der Waals surface area (Å²) in [6.45, 7) is 3.42. The van der Waals surface area contributed by atoms with Crippen LogP contribution in [-0.4, -0.2) is 96.7 Å². The highest BCUT2D eigenvalue weighted by atomic mass is 16.5. The van der Waals surface area contributed by atoms with Crippen LogP contribution in [0.15, 0.2) is 72.9 Å². The van der Waals surface area contributed by atoms with Gasteiger partial charge in [-0.15, -0.1) is 5.10 Å². The third kappa shape index (κ3) is 11.7. The highest BCUT2D eigenvalue weighted by molar-refractivity contribution is 6.37. The van der Waals surface area contributed by atoms with Crippen LogP contribution in [0, 0.1) is 5.92 Å². The number of Topliss-reactive ketones (excluding diaryl/α,β-unsaturated/α-hetero) is 1. The van der Waals surface area contributed by atoms with Crippen molar-refractivity contribution in [2.24, 2.45) is 11.7 Å². The molecule has 6 rings (SSSR count). The molecule has 61 heavy (non-hydrogen) atoms. The number of nitrogens with one attached hydrogen (secondary N) is 3. The zero-order valence-corrected chi connectivity index (χ0v) is 34.6. The van der Waals surface area contributed by atoms with Crippen LogP contribution in [0.2, 0.25) is 0 Å². The average molecular weight is 838 g/mol. The lowest BCUT2D eigenvalue weighted by Crippen LogP contribution is -2.56. The molecule has 6 N–H and O–H groups in total. The summed E-state index contributed by atoms with van der Waals surface area (Å²) in [7, 11) is 0. The number of unbranched alkanes of at least 4 members (excludes halogenated alkanes) is 1. The molecule has 5 amide bonds. The molecule has 4 aromatic rings. The van der Waals surface area contributed by atoms with Gasteiger partial charge in [-0.3, -0.25) is 24.0 Å². The maximum Gasteiger partial charge on any atom is 0.407 e. The van der Waals surface area contributed by atoms with Gasteiger partial charge >= 0.3 is 6.09 Å². The van der Waals surface area contributed by atoms with E-state index < -0.39 is 65.3 Å². The van der Waals surface area contributed by atoms with Crippen LogP contribution in [0.4, 0.5) is 4.79 Å². The second kappa shape index (κ2) is 20.4. The molecule has 0 spiro atoms. The number of nitrogens with two attached hydrogens (primary N) is 1. The van der Waals surface area contributed by atoms with E-state index in [1.165, 1.54) is 15.8 Å². The van der Waals surface area contributed by atoms with E-state index in [9.17, 15) is 33.9 Å². The predicted molar refractivity (Wildman–Crippen MR) is 223 cm³/mol. The van der Waals surface area contributed by atoms with Crippen LogP contribution in [0.25, 0.3) is 10.9 Å². The number of primary amides is 1. The molecular weight excluding hydrogens is 783 g/mol. The van der Waals surface area contributed by atoms with Gasteiger partial charge in [0, 0.05) is 24.9 Å². The van der Waals surface area contributed by atoms with Crippen LogP contribution in [-0.2, 0) is 36.1 Å². The maximum atomic E-state index is 14.9. The Kier molecular flexibility index (Phi) is 14.8. The summed E-state index contributed by atoms with van der Waals surface area (Å²) in [5.74, 6) is -3.85. The highest BCUT2D eigenvalue weighted by Gasteiger charge is 2.45. The summed E-state index contributed by atoms with van der Waals surface area (Å²) in [5.41, 5.74) is 6.01. The van der Waals surface area contributed by atoms with Gasteiger partial charge in [-0.05, 0) is 63.1 Å². The fourth-order valence-corrected chi connectivity index (χ4v) is 8.18. The number of para-hydroxylation sites is 1. The van der Waals surface area contributed by atoms with Crippen molar-refractivity contribution in [3.8, 4) is 0 Å². The molecule has 2 aromatic heterocycles. The monoisotopic (exact) mass is 837 g/mol. The van der Waals surface area contributed by atoms with Gasteiger partial charge in [-0.1, -0.05) is 91.9 Å². The van der Waals surface area contributed by atoms with Crippen molar-refractivity contribution >= 4 is 46.4 Å². The number of hydrogen-bond acceptors (Lipinski definition) is 11. The molecule has 324 valence electrons. The first kappa shape index (κ1) is 44.3. The molecule has 1 saturated carbocycles.